The smallest absolute Gasteiger partial charge is 0.223 e. The normalized spacial score (nSPS) is 15.7. The molecule has 9 heteroatoms. The van der Waals surface area contributed by atoms with Crippen molar-refractivity contribution >= 4 is 9.84 Å². The minimum Gasteiger partial charge on any atom is -0.223 e. The molecule has 0 unspecified atom stereocenters. The quantitative estimate of drug-likeness (QED) is 0.711. The second-order valence-electron chi connectivity index (χ2n) is 2.75. The third kappa shape index (κ3) is 1.82. The fourth-order valence-corrected chi connectivity index (χ4v) is 1.13. The van der Waals surface area contributed by atoms with E-state index in [0.29, 0.717) is 0 Å². The Balaban J connectivity index is 5.54. The average molecular weight is 244 g/mol. The molecular weight excluding hydrogens is 238 g/mol. The lowest BCUT2D eigenvalue weighted by molar-refractivity contribution is -0.271. The summed E-state index contributed by atoms with van der Waals surface area (Å²) in [5.41, 5.74) is 0. The van der Waals surface area contributed by atoms with Crippen molar-refractivity contribution in [1.82, 2.24) is 0 Å². The SMILES string of the molecule is CC(F)(F)C(F)(F)C(F)(F)S(C)(=O)=O. The van der Waals surface area contributed by atoms with Crippen molar-refractivity contribution in [2.45, 2.75) is 24.0 Å². The van der Waals surface area contributed by atoms with Gasteiger partial charge in [-0.2, -0.15) is 26.3 Å². The van der Waals surface area contributed by atoms with E-state index in [-0.39, 0.29) is 6.26 Å². The molecule has 0 atom stereocenters. The van der Waals surface area contributed by atoms with Crippen LogP contribution in [0.25, 0.3) is 0 Å². The molecule has 2 nitrogen and oxygen atoms in total. The molecule has 0 saturated heterocycles. The van der Waals surface area contributed by atoms with Crippen LogP contribution in [-0.2, 0) is 9.84 Å². The monoisotopic (exact) mass is 244 g/mol. The molecular formula is C5H6F6O2S. The zero-order valence-electron chi connectivity index (χ0n) is 6.99. The molecule has 0 N–H and O–H groups in total. The van der Waals surface area contributed by atoms with E-state index in [4.69, 9.17) is 0 Å². The second kappa shape index (κ2) is 3.01. The minimum absolute atomic E-state index is 0.243. The molecule has 0 rings (SSSR count). The lowest BCUT2D eigenvalue weighted by Gasteiger charge is -2.29. The maximum atomic E-state index is 12.4. The first kappa shape index (κ1) is 13.5. The van der Waals surface area contributed by atoms with Crippen LogP contribution < -0.4 is 0 Å². The Morgan fingerprint density at radius 2 is 1.21 bits per heavy atom. The second-order valence-corrected chi connectivity index (χ2v) is 4.81. The van der Waals surface area contributed by atoms with Crippen molar-refractivity contribution in [2.75, 3.05) is 6.26 Å². The van der Waals surface area contributed by atoms with Gasteiger partial charge in [-0.15, -0.1) is 0 Å². The van der Waals surface area contributed by atoms with Gasteiger partial charge in [-0.05, 0) is 0 Å². The molecule has 0 aromatic carbocycles. The standard InChI is InChI=1S/C5H6F6O2S/c1-3(6,7)4(8,9)5(10,11)14(2,12)13/h1-2H3. The first-order valence-corrected chi connectivity index (χ1v) is 4.97. The summed E-state index contributed by atoms with van der Waals surface area (Å²) in [6.45, 7) is -0.480. The summed E-state index contributed by atoms with van der Waals surface area (Å²) in [4.78, 5) is 0. The van der Waals surface area contributed by atoms with E-state index < -0.39 is 33.9 Å². The van der Waals surface area contributed by atoms with E-state index in [2.05, 4.69) is 0 Å². The number of rotatable bonds is 3. The predicted octanol–water partition coefficient (Wildman–Crippen LogP) is 1.91. The molecule has 0 radical (unpaired) electrons. The van der Waals surface area contributed by atoms with Gasteiger partial charge in [-0.3, -0.25) is 0 Å². The molecule has 0 heterocycles. The molecule has 14 heavy (non-hydrogen) atoms. The summed E-state index contributed by atoms with van der Waals surface area (Å²) in [5, 5.41) is -5.79. The lowest BCUT2D eigenvalue weighted by atomic mass is 10.2. The molecule has 0 aliphatic carbocycles. The van der Waals surface area contributed by atoms with Crippen LogP contribution in [0.1, 0.15) is 6.92 Å². The molecule has 86 valence electrons. The molecule has 0 saturated carbocycles. The van der Waals surface area contributed by atoms with Gasteiger partial charge in [0.05, 0.1) is 0 Å². The molecule has 0 amide bonds. The van der Waals surface area contributed by atoms with Gasteiger partial charge in [0.1, 0.15) is 0 Å². The largest absolute Gasteiger partial charge is 0.413 e. The van der Waals surface area contributed by atoms with Gasteiger partial charge in [0.15, 0.2) is 0 Å². The van der Waals surface area contributed by atoms with Crippen LogP contribution in [-0.4, -0.2) is 31.8 Å². The summed E-state index contributed by atoms with van der Waals surface area (Å²) in [5.74, 6) is -11.1. The maximum Gasteiger partial charge on any atom is 0.413 e. The van der Waals surface area contributed by atoms with Gasteiger partial charge < -0.3 is 0 Å². The first-order valence-electron chi connectivity index (χ1n) is 3.08. The van der Waals surface area contributed by atoms with E-state index in [1.54, 1.807) is 0 Å². The number of halogens is 6. The molecule has 0 spiro atoms. The highest BCUT2D eigenvalue weighted by Gasteiger charge is 2.74. The summed E-state index contributed by atoms with van der Waals surface area (Å²) in [7, 11) is -5.61. The Hall–Kier alpha value is -0.470. The van der Waals surface area contributed by atoms with Crippen molar-refractivity contribution in [1.29, 1.82) is 0 Å². The average Bonchev–Trinajstić information content (AvgIpc) is 1.81. The third-order valence-electron chi connectivity index (χ3n) is 1.38. The van der Waals surface area contributed by atoms with Crippen LogP contribution in [0, 0.1) is 0 Å². The number of hydrogen-bond acceptors (Lipinski definition) is 2. The summed E-state index contributed by atoms with van der Waals surface area (Å²) in [6.07, 6.45) is -0.243. The van der Waals surface area contributed by atoms with Crippen LogP contribution in [0.5, 0.6) is 0 Å². The van der Waals surface area contributed by atoms with Gasteiger partial charge in [-0.1, -0.05) is 0 Å². The number of alkyl halides is 6. The highest BCUT2D eigenvalue weighted by atomic mass is 32.2. The predicted molar refractivity (Wildman–Crippen MR) is 35.4 cm³/mol. The maximum absolute atomic E-state index is 12.4. The van der Waals surface area contributed by atoms with Crippen LogP contribution in [0.4, 0.5) is 26.3 Å². The molecule has 0 aromatic heterocycles. The number of hydrogen-bond donors (Lipinski definition) is 0. The molecule has 0 aliphatic heterocycles. The highest BCUT2D eigenvalue weighted by Crippen LogP contribution is 2.47. The molecule has 0 aromatic rings. The Kier molecular flexibility index (Phi) is 2.91. The van der Waals surface area contributed by atoms with E-state index >= 15 is 0 Å². The summed E-state index contributed by atoms with van der Waals surface area (Å²) >= 11 is 0. The molecule has 0 bridgehead atoms. The van der Waals surface area contributed by atoms with Crippen LogP contribution in [0.2, 0.25) is 0 Å². The van der Waals surface area contributed by atoms with Crippen molar-refractivity contribution in [3.05, 3.63) is 0 Å². The van der Waals surface area contributed by atoms with Gasteiger partial charge in [0.2, 0.25) is 9.84 Å². The van der Waals surface area contributed by atoms with E-state index in [9.17, 15) is 34.8 Å². The molecule has 0 fully saturated rings. The van der Waals surface area contributed by atoms with E-state index in [1.165, 1.54) is 0 Å². The van der Waals surface area contributed by atoms with Crippen LogP contribution >= 0.6 is 0 Å². The Morgan fingerprint density at radius 3 is 1.29 bits per heavy atom. The number of sulfone groups is 1. The minimum atomic E-state index is -5.94. The highest BCUT2D eigenvalue weighted by molar-refractivity contribution is 7.91. The summed E-state index contributed by atoms with van der Waals surface area (Å²) < 4.78 is 93.9. The van der Waals surface area contributed by atoms with Crippen LogP contribution in [0.15, 0.2) is 0 Å². The van der Waals surface area contributed by atoms with E-state index in [0.717, 1.165) is 0 Å². The van der Waals surface area contributed by atoms with Crippen molar-refractivity contribution in [3.63, 3.8) is 0 Å². The van der Waals surface area contributed by atoms with Crippen LogP contribution in [0.3, 0.4) is 0 Å². The van der Waals surface area contributed by atoms with Gasteiger partial charge in [0, 0.05) is 13.2 Å². The lowest BCUT2D eigenvalue weighted by Crippen LogP contribution is -2.56. The van der Waals surface area contributed by atoms with Crippen molar-refractivity contribution < 1.29 is 34.8 Å². The Labute approximate surface area is 75.8 Å². The Bertz CT molecular complexity index is 314. The topological polar surface area (TPSA) is 34.1 Å². The fourth-order valence-electron chi connectivity index (χ4n) is 0.488. The zero-order valence-corrected chi connectivity index (χ0v) is 7.81. The fraction of sp³-hybridized carbons (Fsp3) is 1.00. The summed E-state index contributed by atoms with van der Waals surface area (Å²) in [6, 6.07) is 0. The van der Waals surface area contributed by atoms with Crippen molar-refractivity contribution in [3.8, 4) is 0 Å². The zero-order chi connectivity index (χ0) is 12.0. The first-order chi connectivity index (χ1) is 5.75. The van der Waals surface area contributed by atoms with Gasteiger partial charge >= 0.3 is 17.1 Å². The third-order valence-corrected chi connectivity index (χ3v) is 2.57. The Morgan fingerprint density at radius 1 is 0.929 bits per heavy atom. The van der Waals surface area contributed by atoms with E-state index in [1.807, 2.05) is 0 Å². The van der Waals surface area contributed by atoms with Gasteiger partial charge in [0.25, 0.3) is 0 Å². The van der Waals surface area contributed by atoms with Crippen molar-refractivity contribution in [2.24, 2.45) is 0 Å². The van der Waals surface area contributed by atoms with Gasteiger partial charge in [-0.25, -0.2) is 8.42 Å². The molecule has 0 aliphatic rings.